The van der Waals surface area contributed by atoms with Gasteiger partial charge in [0.05, 0.1) is 19.6 Å². The molecule has 1 amide bonds. The molecule has 0 aromatic heterocycles. The number of anilines is 1. The molecule has 5 nitrogen and oxygen atoms in total. The van der Waals surface area contributed by atoms with E-state index in [0.29, 0.717) is 12.3 Å². The van der Waals surface area contributed by atoms with Crippen molar-refractivity contribution >= 4 is 29.4 Å². The fourth-order valence-electron chi connectivity index (χ4n) is 1.94. The molecule has 0 atom stereocenters. The molecule has 0 spiro atoms. The van der Waals surface area contributed by atoms with E-state index >= 15 is 0 Å². The number of hydrogen-bond donors (Lipinski definition) is 0. The lowest BCUT2D eigenvalue weighted by atomic mass is 10.2. The van der Waals surface area contributed by atoms with Gasteiger partial charge in [-0.2, -0.15) is 0 Å². The van der Waals surface area contributed by atoms with Crippen molar-refractivity contribution in [1.82, 2.24) is 0 Å². The predicted molar refractivity (Wildman–Crippen MR) is 74.1 cm³/mol. The highest BCUT2D eigenvalue weighted by molar-refractivity contribution is 6.15. The van der Waals surface area contributed by atoms with Crippen molar-refractivity contribution in [3.63, 3.8) is 0 Å². The lowest BCUT2D eigenvalue weighted by Gasteiger charge is -2.14. The van der Waals surface area contributed by atoms with Crippen LogP contribution in [0.15, 0.2) is 30.3 Å². The Hall–Kier alpha value is -2.43. The average molecular weight is 273 g/mol. The highest BCUT2D eigenvalue weighted by Crippen LogP contribution is 2.20. The van der Waals surface area contributed by atoms with Crippen LogP contribution in [0.3, 0.4) is 0 Å². The number of ketones is 1. The smallest absolute Gasteiger partial charge is 0.330 e. The van der Waals surface area contributed by atoms with Crippen LogP contribution in [0.1, 0.15) is 18.9 Å². The molecular formula is C15H15NO4. The molecule has 20 heavy (non-hydrogen) atoms. The summed E-state index contributed by atoms with van der Waals surface area (Å²) in [6.07, 6.45) is 2.96. The van der Waals surface area contributed by atoms with Crippen molar-refractivity contribution in [3.05, 3.63) is 35.9 Å². The summed E-state index contributed by atoms with van der Waals surface area (Å²) in [5.41, 5.74) is 1.51. The monoisotopic (exact) mass is 273 g/mol. The predicted octanol–water partition coefficient (Wildman–Crippen LogP) is 1.57. The molecule has 0 saturated carbocycles. The Bertz CT molecular complexity index is 560. The molecule has 0 aliphatic carbocycles. The second kappa shape index (κ2) is 6.14. The van der Waals surface area contributed by atoms with Crippen LogP contribution in [0.4, 0.5) is 5.69 Å². The molecule has 1 saturated heterocycles. The number of esters is 1. The van der Waals surface area contributed by atoms with E-state index < -0.39 is 5.97 Å². The molecule has 0 N–H and O–H groups in total. The summed E-state index contributed by atoms with van der Waals surface area (Å²) in [6.45, 7) is 2.22. The number of carbonyl (C=O) groups is 3. The van der Waals surface area contributed by atoms with Crippen molar-refractivity contribution in [2.75, 3.05) is 18.1 Å². The molecule has 104 valence electrons. The van der Waals surface area contributed by atoms with Crippen molar-refractivity contribution in [3.8, 4) is 0 Å². The van der Waals surface area contributed by atoms with Gasteiger partial charge < -0.3 is 9.64 Å². The van der Waals surface area contributed by atoms with E-state index in [1.165, 1.54) is 11.0 Å². The normalized spacial score (nSPS) is 15.2. The van der Waals surface area contributed by atoms with Gasteiger partial charge in [0.1, 0.15) is 0 Å². The molecular weight excluding hydrogens is 258 g/mol. The highest BCUT2D eigenvalue weighted by atomic mass is 16.5. The maximum atomic E-state index is 11.6. The van der Waals surface area contributed by atoms with Crippen LogP contribution in [-0.4, -0.2) is 30.8 Å². The van der Waals surface area contributed by atoms with E-state index in [9.17, 15) is 14.4 Å². The molecule has 2 rings (SSSR count). The molecule has 1 aromatic rings. The zero-order valence-corrected chi connectivity index (χ0v) is 11.2. The molecule has 5 heteroatoms. The maximum absolute atomic E-state index is 11.6. The minimum atomic E-state index is -0.392. The summed E-state index contributed by atoms with van der Waals surface area (Å²) in [5, 5.41) is 0. The Morgan fingerprint density at radius 1 is 1.30 bits per heavy atom. The summed E-state index contributed by atoms with van der Waals surface area (Å²) in [7, 11) is 0. The Labute approximate surface area is 116 Å². The molecule has 1 aliphatic rings. The number of nitrogens with zero attached hydrogens (tertiary/aromatic N) is 1. The van der Waals surface area contributed by atoms with Gasteiger partial charge in [-0.05, 0) is 30.7 Å². The summed E-state index contributed by atoms with van der Waals surface area (Å²) in [6, 6.07) is 7.06. The number of benzene rings is 1. The van der Waals surface area contributed by atoms with Gasteiger partial charge in [0.2, 0.25) is 5.91 Å². The van der Waals surface area contributed by atoms with Crippen molar-refractivity contribution in [2.45, 2.75) is 13.3 Å². The molecule has 0 bridgehead atoms. The van der Waals surface area contributed by atoms with Gasteiger partial charge in [-0.25, -0.2) is 4.79 Å². The first-order valence-electron chi connectivity index (χ1n) is 6.37. The van der Waals surface area contributed by atoms with Crippen LogP contribution in [-0.2, 0) is 19.1 Å². The van der Waals surface area contributed by atoms with E-state index in [0.717, 1.165) is 5.56 Å². The Morgan fingerprint density at radius 3 is 2.55 bits per heavy atom. The Morgan fingerprint density at radius 2 is 2.00 bits per heavy atom. The van der Waals surface area contributed by atoms with E-state index in [1.54, 1.807) is 37.3 Å². The van der Waals surface area contributed by atoms with Crippen molar-refractivity contribution in [1.29, 1.82) is 0 Å². The maximum Gasteiger partial charge on any atom is 0.330 e. The summed E-state index contributed by atoms with van der Waals surface area (Å²) in [4.78, 5) is 35.4. The molecule has 1 fully saturated rings. The Balaban J connectivity index is 2.05. The van der Waals surface area contributed by atoms with Gasteiger partial charge in [-0.1, -0.05) is 12.1 Å². The van der Waals surface area contributed by atoms with E-state index in [1.807, 2.05) is 0 Å². The number of hydrogen-bond acceptors (Lipinski definition) is 4. The summed E-state index contributed by atoms with van der Waals surface area (Å²) < 4.78 is 4.78. The number of amides is 1. The number of ether oxygens (including phenoxy) is 1. The number of Topliss-reactive ketones (excluding diaryl/α,β-unsaturated/α-hetero) is 1. The van der Waals surface area contributed by atoms with Gasteiger partial charge >= 0.3 is 5.97 Å². The first-order chi connectivity index (χ1) is 9.60. The van der Waals surface area contributed by atoms with Gasteiger partial charge in [-0.15, -0.1) is 0 Å². The largest absolute Gasteiger partial charge is 0.463 e. The van der Waals surface area contributed by atoms with Gasteiger partial charge in [0.15, 0.2) is 5.78 Å². The zero-order chi connectivity index (χ0) is 14.5. The second-order valence-electron chi connectivity index (χ2n) is 4.37. The van der Waals surface area contributed by atoms with Crippen molar-refractivity contribution in [2.24, 2.45) is 0 Å². The minimum absolute atomic E-state index is 0.0233. The van der Waals surface area contributed by atoms with E-state index in [2.05, 4.69) is 0 Å². The van der Waals surface area contributed by atoms with E-state index in [-0.39, 0.29) is 24.7 Å². The number of carbonyl (C=O) groups excluding carboxylic acids is 3. The second-order valence-corrected chi connectivity index (χ2v) is 4.37. The van der Waals surface area contributed by atoms with Gasteiger partial charge in [-0.3, -0.25) is 9.59 Å². The van der Waals surface area contributed by atoms with Gasteiger partial charge in [0.25, 0.3) is 0 Å². The van der Waals surface area contributed by atoms with Crippen LogP contribution < -0.4 is 4.90 Å². The minimum Gasteiger partial charge on any atom is -0.463 e. The topological polar surface area (TPSA) is 63.7 Å². The molecule has 1 heterocycles. The van der Waals surface area contributed by atoms with Crippen LogP contribution in [0.25, 0.3) is 6.08 Å². The quantitative estimate of drug-likeness (QED) is 0.474. The van der Waals surface area contributed by atoms with Crippen LogP contribution in [0.2, 0.25) is 0 Å². The van der Waals surface area contributed by atoms with E-state index in [4.69, 9.17) is 4.74 Å². The van der Waals surface area contributed by atoms with Crippen LogP contribution in [0, 0.1) is 0 Å². The third kappa shape index (κ3) is 3.32. The van der Waals surface area contributed by atoms with Crippen molar-refractivity contribution < 1.29 is 19.1 Å². The van der Waals surface area contributed by atoms with Crippen LogP contribution >= 0.6 is 0 Å². The first-order valence-corrected chi connectivity index (χ1v) is 6.37. The lowest BCUT2D eigenvalue weighted by molar-refractivity contribution is -0.137. The summed E-state index contributed by atoms with van der Waals surface area (Å²) >= 11 is 0. The fourth-order valence-corrected chi connectivity index (χ4v) is 1.94. The Kier molecular flexibility index (Phi) is 4.30. The highest BCUT2D eigenvalue weighted by Gasteiger charge is 2.28. The molecule has 1 aliphatic heterocycles. The third-order valence-electron chi connectivity index (χ3n) is 2.89. The zero-order valence-electron chi connectivity index (χ0n) is 11.2. The third-order valence-corrected chi connectivity index (χ3v) is 2.89. The summed E-state index contributed by atoms with van der Waals surface area (Å²) in [5.74, 6) is -0.636. The molecule has 0 unspecified atom stereocenters. The standard InChI is InChI=1S/C15H15NO4/c1-2-20-15(19)8-5-11-3-6-12(7-4-11)16-10-13(17)9-14(16)18/h3-8H,2,9-10H2,1H3/b8-5+. The van der Waals surface area contributed by atoms with Crippen LogP contribution in [0.5, 0.6) is 0 Å². The van der Waals surface area contributed by atoms with Gasteiger partial charge in [0, 0.05) is 11.8 Å². The first kappa shape index (κ1) is 14.0. The number of rotatable bonds is 4. The molecule has 1 aromatic carbocycles. The fraction of sp³-hybridized carbons (Fsp3) is 0.267. The average Bonchev–Trinajstić information content (AvgIpc) is 2.76. The molecule has 0 radical (unpaired) electrons. The SMILES string of the molecule is CCOC(=O)/C=C/c1ccc(N2CC(=O)CC2=O)cc1. The lowest BCUT2D eigenvalue weighted by Crippen LogP contribution is -2.24.